The van der Waals surface area contributed by atoms with Gasteiger partial charge in [-0.25, -0.2) is 4.98 Å². The Kier molecular flexibility index (Phi) is 3.28. The molecule has 0 bridgehead atoms. The van der Waals surface area contributed by atoms with E-state index in [4.69, 9.17) is 0 Å². The van der Waals surface area contributed by atoms with Gasteiger partial charge in [0.15, 0.2) is 0 Å². The van der Waals surface area contributed by atoms with Crippen molar-refractivity contribution < 1.29 is 0 Å². The van der Waals surface area contributed by atoms with Gasteiger partial charge in [-0.1, -0.05) is 30.3 Å². The summed E-state index contributed by atoms with van der Waals surface area (Å²) in [4.78, 5) is 4.04. The Hall–Kier alpha value is -2.54. The molecule has 96 valence electrons. The lowest BCUT2D eigenvalue weighted by atomic mass is 10.1. The van der Waals surface area contributed by atoms with Gasteiger partial charge in [0.1, 0.15) is 23.5 Å². The first kappa shape index (κ1) is 11.5. The van der Waals surface area contributed by atoms with Crippen molar-refractivity contribution in [3.63, 3.8) is 0 Å². The first-order valence-corrected chi connectivity index (χ1v) is 5.93. The molecule has 19 heavy (non-hydrogen) atoms. The molecule has 0 atom stereocenters. The van der Waals surface area contributed by atoms with E-state index in [1.165, 1.54) is 6.33 Å². The van der Waals surface area contributed by atoms with Gasteiger partial charge in [-0.3, -0.25) is 5.10 Å². The fourth-order valence-electron chi connectivity index (χ4n) is 1.82. The molecule has 3 rings (SSSR count). The van der Waals surface area contributed by atoms with Crippen molar-refractivity contribution >= 4 is 0 Å². The lowest BCUT2D eigenvalue weighted by Gasteiger charge is -2.02. The number of nitrogens with zero attached hydrogens (tertiary/aromatic N) is 4. The van der Waals surface area contributed by atoms with Gasteiger partial charge in [0, 0.05) is 12.1 Å². The highest BCUT2D eigenvalue weighted by Gasteiger charge is 2.09. The van der Waals surface area contributed by atoms with Gasteiger partial charge in [-0.05, 0) is 0 Å². The Morgan fingerprint density at radius 1 is 1.05 bits per heavy atom. The van der Waals surface area contributed by atoms with Crippen molar-refractivity contribution in [1.29, 1.82) is 0 Å². The highest BCUT2D eigenvalue weighted by Crippen LogP contribution is 2.18. The zero-order chi connectivity index (χ0) is 12.9. The summed E-state index contributed by atoms with van der Waals surface area (Å²) in [6, 6.07) is 9.96. The van der Waals surface area contributed by atoms with Crippen LogP contribution in [0.1, 0.15) is 11.5 Å². The molecule has 1 aromatic carbocycles. The normalized spacial score (nSPS) is 10.7. The van der Waals surface area contributed by atoms with Crippen LogP contribution in [0, 0.1) is 0 Å². The molecule has 0 aliphatic rings. The number of H-pyrrole nitrogens is 2. The zero-order valence-corrected chi connectivity index (χ0v) is 10.2. The van der Waals surface area contributed by atoms with E-state index in [2.05, 4.69) is 35.9 Å². The minimum atomic E-state index is 0.612. The van der Waals surface area contributed by atoms with Crippen LogP contribution in [0.4, 0.5) is 0 Å². The number of aromatic nitrogens is 6. The Balaban J connectivity index is 1.67. The van der Waals surface area contributed by atoms with E-state index in [1.54, 1.807) is 0 Å². The van der Waals surface area contributed by atoms with Crippen molar-refractivity contribution in [2.75, 3.05) is 0 Å². The molecule has 2 aromatic heterocycles. The van der Waals surface area contributed by atoms with Crippen molar-refractivity contribution in [2.45, 2.75) is 13.1 Å². The van der Waals surface area contributed by atoms with Gasteiger partial charge in [-0.15, -0.1) is 0 Å². The fraction of sp³-hybridized carbons (Fsp3) is 0.167. The second-order valence-electron chi connectivity index (χ2n) is 4.02. The average molecular weight is 255 g/mol. The van der Waals surface area contributed by atoms with Crippen LogP contribution in [0.15, 0.2) is 36.7 Å². The summed E-state index contributed by atoms with van der Waals surface area (Å²) in [5.74, 6) is 0.796. The zero-order valence-electron chi connectivity index (χ0n) is 10.2. The van der Waals surface area contributed by atoms with E-state index in [-0.39, 0.29) is 0 Å². The third-order valence-corrected chi connectivity index (χ3v) is 2.72. The third kappa shape index (κ3) is 2.66. The van der Waals surface area contributed by atoms with Crippen LogP contribution in [0.2, 0.25) is 0 Å². The van der Waals surface area contributed by atoms with Gasteiger partial charge in [0.2, 0.25) is 0 Å². The molecule has 0 aliphatic carbocycles. The summed E-state index contributed by atoms with van der Waals surface area (Å²) < 4.78 is 0. The smallest absolute Gasteiger partial charge is 0.138 e. The number of rotatable bonds is 5. The monoisotopic (exact) mass is 255 g/mol. The molecule has 0 spiro atoms. The minimum absolute atomic E-state index is 0.612. The Morgan fingerprint density at radius 3 is 2.74 bits per heavy atom. The van der Waals surface area contributed by atoms with Crippen LogP contribution in [-0.2, 0) is 13.1 Å². The number of nitrogens with one attached hydrogen (secondary N) is 3. The summed E-state index contributed by atoms with van der Waals surface area (Å²) in [7, 11) is 0. The molecule has 0 radical (unpaired) electrons. The van der Waals surface area contributed by atoms with E-state index in [1.807, 2.05) is 30.3 Å². The number of hydrogen-bond acceptors (Lipinski definition) is 5. The molecule has 0 saturated heterocycles. The summed E-state index contributed by atoms with van der Waals surface area (Å²) in [5, 5.41) is 20.9. The molecule has 3 aromatic rings. The lowest BCUT2D eigenvalue weighted by Crippen LogP contribution is -2.14. The first-order valence-electron chi connectivity index (χ1n) is 5.93. The maximum atomic E-state index is 4.19. The topological polar surface area (TPSA) is 95.2 Å². The van der Waals surface area contributed by atoms with E-state index >= 15 is 0 Å². The highest BCUT2D eigenvalue weighted by molar-refractivity contribution is 5.60. The molecule has 0 amide bonds. The Labute approximate surface area is 109 Å². The average Bonchev–Trinajstić information content (AvgIpc) is 3.11. The van der Waals surface area contributed by atoms with Gasteiger partial charge in [-0.2, -0.15) is 20.5 Å². The van der Waals surface area contributed by atoms with E-state index in [0.717, 1.165) is 22.8 Å². The molecule has 0 fully saturated rings. The second kappa shape index (κ2) is 5.40. The van der Waals surface area contributed by atoms with Crippen LogP contribution in [0.3, 0.4) is 0 Å². The summed E-state index contributed by atoms with van der Waals surface area (Å²) in [6.07, 6.45) is 1.49. The first-order chi connectivity index (χ1) is 9.43. The van der Waals surface area contributed by atoms with E-state index in [0.29, 0.717) is 13.1 Å². The van der Waals surface area contributed by atoms with Crippen LogP contribution in [0.25, 0.3) is 11.3 Å². The van der Waals surface area contributed by atoms with Gasteiger partial charge in [0.25, 0.3) is 0 Å². The Bertz CT molecular complexity index is 615. The molecular weight excluding hydrogens is 242 g/mol. The third-order valence-electron chi connectivity index (χ3n) is 2.72. The largest absolute Gasteiger partial charge is 0.304 e. The van der Waals surface area contributed by atoms with Crippen molar-refractivity contribution in [3.8, 4) is 11.3 Å². The molecule has 0 aliphatic heterocycles. The minimum Gasteiger partial charge on any atom is -0.304 e. The summed E-state index contributed by atoms with van der Waals surface area (Å²) >= 11 is 0. The maximum absolute atomic E-state index is 4.19. The van der Waals surface area contributed by atoms with Crippen molar-refractivity contribution in [2.24, 2.45) is 0 Å². The van der Waals surface area contributed by atoms with Crippen LogP contribution >= 0.6 is 0 Å². The van der Waals surface area contributed by atoms with E-state index < -0.39 is 0 Å². The van der Waals surface area contributed by atoms with Crippen molar-refractivity contribution in [1.82, 2.24) is 35.9 Å². The predicted molar refractivity (Wildman–Crippen MR) is 68.7 cm³/mol. The number of benzene rings is 1. The summed E-state index contributed by atoms with van der Waals surface area (Å²) in [6.45, 7) is 1.22. The summed E-state index contributed by atoms with van der Waals surface area (Å²) in [5.41, 5.74) is 2.80. The quantitative estimate of drug-likeness (QED) is 0.629. The highest BCUT2D eigenvalue weighted by atomic mass is 15.3. The van der Waals surface area contributed by atoms with Crippen molar-refractivity contribution in [3.05, 3.63) is 48.2 Å². The molecular formula is C12H13N7. The second-order valence-corrected chi connectivity index (χ2v) is 4.02. The number of aromatic amines is 2. The maximum Gasteiger partial charge on any atom is 0.138 e. The molecule has 0 unspecified atom stereocenters. The molecule has 7 nitrogen and oxygen atoms in total. The van der Waals surface area contributed by atoms with Gasteiger partial charge in [0.05, 0.1) is 6.54 Å². The number of hydrogen-bond donors (Lipinski definition) is 3. The standard InChI is InChI=1S/C12H13N7/c1-2-4-9(5-3-1)12-10(16-19-18-12)6-13-7-11-14-8-15-17-11/h1-5,8,13H,6-7H2,(H,14,15,17)(H,16,18,19). The predicted octanol–water partition coefficient (Wildman–Crippen LogP) is 0.880. The molecule has 2 heterocycles. The molecule has 0 saturated carbocycles. The molecule has 7 heteroatoms. The van der Waals surface area contributed by atoms with E-state index in [9.17, 15) is 0 Å². The Morgan fingerprint density at radius 2 is 1.95 bits per heavy atom. The van der Waals surface area contributed by atoms with Crippen LogP contribution in [-0.4, -0.2) is 30.6 Å². The SMILES string of the molecule is c1ccc(-c2n[nH]nc2CNCc2ncn[nH]2)cc1. The fourth-order valence-corrected chi connectivity index (χ4v) is 1.82. The molecule has 3 N–H and O–H groups in total. The van der Waals surface area contributed by atoms with Gasteiger partial charge < -0.3 is 5.32 Å². The van der Waals surface area contributed by atoms with Gasteiger partial charge >= 0.3 is 0 Å². The van der Waals surface area contributed by atoms with Crippen LogP contribution in [0.5, 0.6) is 0 Å². The lowest BCUT2D eigenvalue weighted by molar-refractivity contribution is 0.652. The van der Waals surface area contributed by atoms with Crippen LogP contribution < -0.4 is 5.32 Å².